The Labute approximate surface area is 183 Å². The van der Waals surface area contributed by atoms with Gasteiger partial charge in [-0.05, 0) is 37.5 Å². The fraction of sp³-hybridized carbons (Fsp3) is 0.292. The molecule has 0 bridgehead atoms. The predicted octanol–water partition coefficient (Wildman–Crippen LogP) is 4.37. The number of fused-ring (bicyclic) bond motifs is 3. The number of hydrogen-bond donors (Lipinski definition) is 1. The second-order valence-electron chi connectivity index (χ2n) is 8.21. The third-order valence-electron chi connectivity index (χ3n) is 5.80. The van der Waals surface area contributed by atoms with Gasteiger partial charge in [0.05, 0.1) is 11.4 Å². The number of aromatic nitrogens is 4. The average Bonchev–Trinajstić information content (AvgIpc) is 3.35. The van der Waals surface area contributed by atoms with Crippen molar-refractivity contribution in [3.8, 4) is 17.2 Å². The van der Waals surface area contributed by atoms with Crippen molar-refractivity contribution >= 4 is 28.3 Å². The Morgan fingerprint density at radius 2 is 2.09 bits per heavy atom. The molecule has 1 saturated carbocycles. The van der Waals surface area contributed by atoms with E-state index in [0.29, 0.717) is 11.5 Å². The van der Waals surface area contributed by atoms with Gasteiger partial charge in [0.25, 0.3) is 0 Å². The lowest BCUT2D eigenvalue weighted by molar-refractivity contribution is -0.117. The molecule has 0 aromatic carbocycles. The summed E-state index contributed by atoms with van der Waals surface area (Å²) >= 11 is 0. The number of nitrogens with one attached hydrogen (secondary N) is 1. The summed E-state index contributed by atoms with van der Waals surface area (Å²) < 4.78 is 15.0. The minimum atomic E-state index is -1.07. The van der Waals surface area contributed by atoms with Crippen molar-refractivity contribution in [3.05, 3.63) is 53.7 Å². The topological polar surface area (TPSA) is 96.0 Å². The Morgan fingerprint density at radius 3 is 2.78 bits per heavy atom. The van der Waals surface area contributed by atoms with E-state index in [0.717, 1.165) is 46.1 Å². The van der Waals surface area contributed by atoms with E-state index in [9.17, 15) is 14.4 Å². The molecule has 2 atom stereocenters. The van der Waals surface area contributed by atoms with Crippen LogP contribution in [0.25, 0.3) is 27.7 Å². The summed E-state index contributed by atoms with van der Waals surface area (Å²) in [6.45, 7) is 4.16. The number of alkyl halides is 1. The maximum Gasteiger partial charge on any atom is 0.231 e. The highest BCUT2D eigenvalue weighted by Crippen LogP contribution is 2.35. The van der Waals surface area contributed by atoms with Crippen LogP contribution >= 0.6 is 0 Å². The Balaban J connectivity index is 1.65. The van der Waals surface area contributed by atoms with Gasteiger partial charge in [0.1, 0.15) is 23.7 Å². The van der Waals surface area contributed by atoms with Crippen LogP contribution in [0.3, 0.4) is 0 Å². The molecule has 4 heterocycles. The Morgan fingerprint density at radius 1 is 1.28 bits per heavy atom. The Bertz CT molecular complexity index is 1420. The molecule has 0 radical (unpaired) electrons. The average molecular weight is 428 g/mol. The smallest absolute Gasteiger partial charge is 0.231 e. The second kappa shape index (κ2) is 7.68. The molecular weight excluding hydrogens is 407 g/mol. The highest BCUT2D eigenvalue weighted by atomic mass is 19.1. The molecule has 5 rings (SSSR count). The lowest BCUT2D eigenvalue weighted by Crippen LogP contribution is -2.15. The number of anilines is 1. The number of pyridine rings is 3. The number of aryl methyl sites for hydroxylation is 2. The molecule has 1 aliphatic carbocycles. The summed E-state index contributed by atoms with van der Waals surface area (Å²) in [7, 11) is 0. The van der Waals surface area contributed by atoms with Crippen LogP contribution in [0.1, 0.15) is 36.7 Å². The molecule has 8 heteroatoms. The lowest BCUT2D eigenvalue weighted by atomic mass is 10.0. The molecule has 1 fully saturated rings. The molecule has 1 amide bonds. The number of carbonyl (C=O) groups is 1. The largest absolute Gasteiger partial charge is 0.310 e. The molecule has 0 aliphatic heterocycles. The van der Waals surface area contributed by atoms with Crippen LogP contribution in [0.15, 0.2) is 36.8 Å². The van der Waals surface area contributed by atoms with Crippen LogP contribution in [0.5, 0.6) is 0 Å². The van der Waals surface area contributed by atoms with Crippen molar-refractivity contribution in [1.82, 2.24) is 19.4 Å². The lowest BCUT2D eigenvalue weighted by Gasteiger charge is -2.12. The summed E-state index contributed by atoms with van der Waals surface area (Å²) in [6, 6.07) is 7.88. The van der Waals surface area contributed by atoms with Crippen LogP contribution < -0.4 is 5.32 Å². The number of halogens is 1. The van der Waals surface area contributed by atoms with Gasteiger partial charge in [0.2, 0.25) is 5.91 Å². The first kappa shape index (κ1) is 20.1. The quantitative estimate of drug-likeness (QED) is 0.509. The first-order chi connectivity index (χ1) is 15.5. The fourth-order valence-electron chi connectivity index (χ4n) is 4.01. The zero-order chi connectivity index (χ0) is 22.4. The van der Waals surface area contributed by atoms with Gasteiger partial charge in [-0.1, -0.05) is 13.3 Å². The Kier molecular flexibility index (Phi) is 4.82. The number of rotatable bonds is 5. The molecule has 1 aliphatic rings. The van der Waals surface area contributed by atoms with Gasteiger partial charge in [-0.2, -0.15) is 5.26 Å². The number of nitrogens with zero attached hydrogens (tertiary/aromatic N) is 5. The number of hydrogen-bond acceptors (Lipinski definition) is 5. The van der Waals surface area contributed by atoms with Crippen molar-refractivity contribution in [2.45, 2.75) is 39.3 Å². The third-order valence-corrected chi connectivity index (χ3v) is 5.80. The van der Waals surface area contributed by atoms with Crippen LogP contribution in [-0.2, 0) is 11.2 Å². The molecule has 0 saturated heterocycles. The first-order valence-corrected chi connectivity index (χ1v) is 10.6. The molecular formula is C24H21FN6O. The number of nitriles is 1. The van der Waals surface area contributed by atoms with E-state index in [2.05, 4.69) is 39.3 Å². The molecule has 4 aromatic rings. The van der Waals surface area contributed by atoms with Gasteiger partial charge in [-0.3, -0.25) is 14.2 Å². The Hall–Kier alpha value is -3.86. The molecule has 0 spiro atoms. The van der Waals surface area contributed by atoms with Crippen LogP contribution in [0.4, 0.5) is 10.2 Å². The molecule has 7 nitrogen and oxygen atoms in total. The monoisotopic (exact) mass is 428 g/mol. The summed E-state index contributed by atoms with van der Waals surface area (Å²) in [4.78, 5) is 25.6. The van der Waals surface area contributed by atoms with Crippen molar-refractivity contribution < 1.29 is 9.18 Å². The SMILES string of the molecule is CCCc1cc(C)c(-c2cc3cnc(NC(=O)C4CC4F)cc3n3cc(C#N)nc23)cn1. The summed E-state index contributed by atoms with van der Waals surface area (Å²) in [6.07, 6.45) is 6.30. The van der Waals surface area contributed by atoms with Crippen molar-refractivity contribution in [2.75, 3.05) is 5.32 Å². The van der Waals surface area contributed by atoms with Crippen LogP contribution in [-0.4, -0.2) is 31.4 Å². The molecule has 160 valence electrons. The van der Waals surface area contributed by atoms with Crippen LogP contribution in [0.2, 0.25) is 0 Å². The molecule has 2 unspecified atom stereocenters. The summed E-state index contributed by atoms with van der Waals surface area (Å²) in [5.74, 6) is -0.626. The van der Waals surface area contributed by atoms with E-state index in [1.54, 1.807) is 18.5 Å². The molecule has 1 N–H and O–H groups in total. The minimum Gasteiger partial charge on any atom is -0.310 e. The van der Waals surface area contributed by atoms with Crippen LogP contribution in [0, 0.1) is 24.2 Å². The maximum atomic E-state index is 13.2. The second-order valence-corrected chi connectivity index (χ2v) is 8.21. The minimum absolute atomic E-state index is 0.254. The predicted molar refractivity (Wildman–Crippen MR) is 119 cm³/mol. The zero-order valence-corrected chi connectivity index (χ0v) is 17.8. The molecule has 4 aromatic heterocycles. The normalized spacial score (nSPS) is 17.4. The summed E-state index contributed by atoms with van der Waals surface area (Å²) in [5.41, 5.74) is 5.55. The highest BCUT2D eigenvalue weighted by molar-refractivity contribution is 5.97. The van der Waals surface area contributed by atoms with Gasteiger partial charge in [0.15, 0.2) is 5.69 Å². The third kappa shape index (κ3) is 3.46. The standard InChI is InChI=1S/C24H21FN6O/c1-3-4-15-5-13(2)19(11-27-15)17-6-14-10-28-22(30-24(32)18-7-20(18)25)8-21(14)31-12-16(9-26)29-23(17)31/h5-6,8,10-12,18,20H,3-4,7H2,1-2H3,(H,28,30,32). The van der Waals surface area contributed by atoms with Gasteiger partial charge in [0, 0.05) is 46.9 Å². The van der Waals surface area contributed by atoms with E-state index >= 15 is 0 Å². The van der Waals surface area contributed by atoms with E-state index < -0.39 is 12.1 Å². The summed E-state index contributed by atoms with van der Waals surface area (Å²) in [5, 5.41) is 13.0. The van der Waals surface area contributed by atoms with Gasteiger partial charge >= 0.3 is 0 Å². The van der Waals surface area contributed by atoms with Crippen molar-refractivity contribution in [1.29, 1.82) is 5.26 Å². The first-order valence-electron chi connectivity index (χ1n) is 10.6. The number of imidazole rings is 1. The highest BCUT2D eigenvalue weighted by Gasteiger charge is 2.43. The number of carbonyl (C=O) groups excluding carboxylic acids is 1. The zero-order valence-electron chi connectivity index (χ0n) is 17.8. The van der Waals surface area contributed by atoms with E-state index in [-0.39, 0.29) is 18.0 Å². The van der Waals surface area contributed by atoms with E-state index in [4.69, 9.17) is 0 Å². The van der Waals surface area contributed by atoms with Gasteiger partial charge in [-0.15, -0.1) is 0 Å². The van der Waals surface area contributed by atoms with Gasteiger partial charge in [-0.25, -0.2) is 14.4 Å². The maximum absolute atomic E-state index is 13.2. The number of amides is 1. The van der Waals surface area contributed by atoms with E-state index in [1.807, 2.05) is 23.6 Å². The van der Waals surface area contributed by atoms with Crippen molar-refractivity contribution in [3.63, 3.8) is 0 Å². The van der Waals surface area contributed by atoms with E-state index in [1.165, 1.54) is 0 Å². The van der Waals surface area contributed by atoms with Crippen molar-refractivity contribution in [2.24, 2.45) is 5.92 Å². The van der Waals surface area contributed by atoms with Gasteiger partial charge < -0.3 is 5.32 Å². The fourth-order valence-corrected chi connectivity index (χ4v) is 4.01. The molecule has 32 heavy (non-hydrogen) atoms.